The molecule has 0 fully saturated rings. The number of likely N-dealkylation sites (N-methyl/N-ethyl adjacent to an activating group) is 1. The summed E-state index contributed by atoms with van der Waals surface area (Å²) in [6, 6.07) is 0. The van der Waals surface area contributed by atoms with Crippen LogP contribution in [-0.2, 0) is 0 Å². The molecule has 0 amide bonds. The molecule has 0 aliphatic carbocycles. The van der Waals surface area contributed by atoms with Crippen LogP contribution in [0.1, 0.15) is 6.92 Å². The molecule has 1 unspecified atom stereocenters. The summed E-state index contributed by atoms with van der Waals surface area (Å²) in [6.45, 7) is 4.21. The van der Waals surface area contributed by atoms with Crippen LogP contribution in [0.5, 0.6) is 0 Å². The Morgan fingerprint density at radius 3 is 2.10 bits per heavy atom. The fraction of sp³-hybridized carbons (Fsp3) is 0.455. The monoisotopic (exact) mass is 316 g/mol. The average molecular weight is 316 g/mol. The minimum absolute atomic E-state index is 0.317. The smallest absolute Gasteiger partial charge is 0.334 e. The summed E-state index contributed by atoms with van der Waals surface area (Å²) < 4.78 is 73.7. The molecule has 0 aromatic carbocycles. The molecule has 10 heteroatoms. The molecule has 0 radical (unpaired) electrons. The van der Waals surface area contributed by atoms with E-state index in [0.29, 0.717) is 17.3 Å². The summed E-state index contributed by atoms with van der Waals surface area (Å²) in [7, 11) is 0.994. The van der Waals surface area contributed by atoms with Crippen molar-refractivity contribution in [2.75, 3.05) is 7.05 Å². The van der Waals surface area contributed by atoms with E-state index in [-0.39, 0.29) is 6.21 Å². The summed E-state index contributed by atoms with van der Waals surface area (Å²) in [5.41, 5.74) is 3.84. The van der Waals surface area contributed by atoms with E-state index in [0.717, 1.165) is 20.0 Å². The molecule has 0 heterocycles. The Morgan fingerprint density at radius 2 is 1.71 bits per heavy atom. The Kier molecular flexibility index (Phi) is 6.15. The van der Waals surface area contributed by atoms with Gasteiger partial charge in [-0.1, -0.05) is 6.58 Å². The predicted octanol–water partition coefficient (Wildman–Crippen LogP) is 2.84. The summed E-state index contributed by atoms with van der Waals surface area (Å²) in [5.74, 6) is -1.34. The molecule has 4 nitrogen and oxygen atoms in total. The number of amidine groups is 1. The quantitative estimate of drug-likeness (QED) is 0.375. The second-order valence-electron chi connectivity index (χ2n) is 4.05. The van der Waals surface area contributed by atoms with Gasteiger partial charge in [-0.2, -0.15) is 26.3 Å². The van der Waals surface area contributed by atoms with E-state index >= 15 is 0 Å². The fourth-order valence-electron chi connectivity index (χ4n) is 1.10. The molecule has 0 bridgehead atoms. The van der Waals surface area contributed by atoms with E-state index in [1.165, 1.54) is 0 Å². The third-order valence-electron chi connectivity index (χ3n) is 2.23. The van der Waals surface area contributed by atoms with Crippen LogP contribution in [0.2, 0.25) is 0 Å². The van der Waals surface area contributed by atoms with Gasteiger partial charge in [-0.25, -0.2) is 4.99 Å². The van der Waals surface area contributed by atoms with Crippen molar-refractivity contribution < 1.29 is 26.3 Å². The third-order valence-corrected chi connectivity index (χ3v) is 2.23. The molecular weight excluding hydrogens is 302 g/mol. The highest BCUT2D eigenvalue weighted by atomic mass is 19.4. The van der Waals surface area contributed by atoms with Gasteiger partial charge in [-0.3, -0.25) is 4.99 Å². The van der Waals surface area contributed by atoms with Gasteiger partial charge in [0.1, 0.15) is 11.9 Å². The molecule has 120 valence electrons. The lowest BCUT2D eigenvalue weighted by atomic mass is 10.1. The van der Waals surface area contributed by atoms with Crippen molar-refractivity contribution in [3.63, 3.8) is 0 Å². The van der Waals surface area contributed by atoms with Crippen LogP contribution in [0.25, 0.3) is 0 Å². The van der Waals surface area contributed by atoms with Gasteiger partial charge >= 0.3 is 12.4 Å². The van der Waals surface area contributed by atoms with E-state index in [1.807, 2.05) is 0 Å². The van der Waals surface area contributed by atoms with Gasteiger partial charge in [0.15, 0.2) is 0 Å². The molecule has 0 aromatic rings. The molecule has 0 aromatic heterocycles. The summed E-state index contributed by atoms with van der Waals surface area (Å²) in [4.78, 5) is 6.53. The first-order chi connectivity index (χ1) is 9.31. The number of nitrogens with two attached hydrogens (primary N) is 1. The Labute approximate surface area is 117 Å². The first-order valence-electron chi connectivity index (χ1n) is 5.38. The number of aliphatic imine (C=N–C) groups is 2. The van der Waals surface area contributed by atoms with Crippen molar-refractivity contribution in [3.05, 3.63) is 25.1 Å². The summed E-state index contributed by atoms with van der Waals surface area (Å²) in [6.07, 6.45) is -7.52. The molecule has 0 rings (SSSR count). The minimum Gasteiger partial charge on any atom is -0.334 e. The van der Waals surface area contributed by atoms with E-state index < -0.39 is 23.9 Å². The maximum Gasteiger partial charge on any atom is 0.449 e. The van der Waals surface area contributed by atoms with Crippen molar-refractivity contribution in [1.82, 2.24) is 4.90 Å². The highest BCUT2D eigenvalue weighted by Gasteiger charge is 2.42. The molecule has 0 aliphatic rings. The fourth-order valence-corrected chi connectivity index (χ4v) is 1.10. The largest absolute Gasteiger partial charge is 0.449 e. The second-order valence-corrected chi connectivity index (χ2v) is 4.05. The van der Waals surface area contributed by atoms with Crippen LogP contribution in [0.4, 0.5) is 26.3 Å². The van der Waals surface area contributed by atoms with Gasteiger partial charge in [0, 0.05) is 19.4 Å². The number of halogens is 6. The first-order valence-corrected chi connectivity index (χ1v) is 5.38. The zero-order chi connectivity index (χ0) is 16.9. The lowest BCUT2D eigenvalue weighted by Gasteiger charge is -2.35. The summed E-state index contributed by atoms with van der Waals surface area (Å²) >= 11 is 0. The van der Waals surface area contributed by atoms with Gasteiger partial charge < -0.3 is 10.6 Å². The maximum atomic E-state index is 12.8. The van der Waals surface area contributed by atoms with Gasteiger partial charge in [0.05, 0.1) is 0 Å². The lowest BCUT2D eigenvalue weighted by Crippen LogP contribution is -2.56. The van der Waals surface area contributed by atoms with Crippen LogP contribution in [0.15, 0.2) is 35.0 Å². The SMILES string of the molecule is C=CN=C(N(C)C(C)(N)/C=C\N=CC(F)(F)F)C(F)(F)F. The van der Waals surface area contributed by atoms with Gasteiger partial charge in [0.2, 0.25) is 5.84 Å². The Bertz CT molecular complexity index is 445. The number of hydrogen-bond acceptors (Lipinski definition) is 3. The Hall–Kier alpha value is -1.84. The zero-order valence-corrected chi connectivity index (χ0v) is 11.2. The van der Waals surface area contributed by atoms with E-state index in [4.69, 9.17) is 5.73 Å². The number of alkyl halides is 6. The van der Waals surface area contributed by atoms with Crippen LogP contribution in [0.3, 0.4) is 0 Å². The molecule has 0 saturated carbocycles. The standard InChI is InChI=1S/C11H14F6N4/c1-4-20-8(11(15,16)17)21(3)9(2,18)5-6-19-7-10(12,13)14/h4-7H,1,18H2,2-3H3/b6-5-,19-7?,20-8?. The normalized spacial score (nSPS) is 17.3. The van der Waals surface area contributed by atoms with Crippen molar-refractivity contribution in [2.24, 2.45) is 15.7 Å². The van der Waals surface area contributed by atoms with Crippen LogP contribution in [0, 0.1) is 0 Å². The van der Waals surface area contributed by atoms with Crippen LogP contribution in [-0.4, -0.2) is 42.0 Å². The predicted molar refractivity (Wildman–Crippen MR) is 67.7 cm³/mol. The average Bonchev–Trinajstić information content (AvgIpc) is 2.28. The molecule has 2 N–H and O–H groups in total. The van der Waals surface area contributed by atoms with E-state index in [1.54, 1.807) is 0 Å². The van der Waals surface area contributed by atoms with Crippen molar-refractivity contribution >= 4 is 12.1 Å². The Morgan fingerprint density at radius 1 is 1.19 bits per heavy atom. The third kappa shape index (κ3) is 6.93. The van der Waals surface area contributed by atoms with E-state index in [9.17, 15) is 26.3 Å². The van der Waals surface area contributed by atoms with Crippen molar-refractivity contribution in [3.8, 4) is 0 Å². The Balaban J connectivity index is 5.22. The van der Waals surface area contributed by atoms with Crippen molar-refractivity contribution in [2.45, 2.75) is 24.9 Å². The summed E-state index contributed by atoms with van der Waals surface area (Å²) in [5, 5.41) is 0. The second kappa shape index (κ2) is 6.74. The molecule has 1 atom stereocenters. The zero-order valence-electron chi connectivity index (χ0n) is 11.2. The van der Waals surface area contributed by atoms with Gasteiger partial charge in [0.25, 0.3) is 0 Å². The number of nitrogens with zero attached hydrogens (tertiary/aromatic N) is 3. The first kappa shape index (κ1) is 19.2. The molecule has 21 heavy (non-hydrogen) atoms. The molecule has 0 saturated heterocycles. The van der Waals surface area contributed by atoms with Gasteiger partial charge in [-0.15, -0.1) is 0 Å². The topological polar surface area (TPSA) is 54.0 Å². The minimum atomic E-state index is -4.80. The van der Waals surface area contributed by atoms with Gasteiger partial charge in [-0.05, 0) is 13.0 Å². The highest BCUT2D eigenvalue weighted by molar-refractivity contribution is 5.88. The van der Waals surface area contributed by atoms with Crippen LogP contribution < -0.4 is 5.73 Å². The van der Waals surface area contributed by atoms with E-state index in [2.05, 4.69) is 16.6 Å². The molecule has 0 spiro atoms. The number of hydrogen-bond donors (Lipinski definition) is 1. The van der Waals surface area contributed by atoms with Crippen molar-refractivity contribution in [1.29, 1.82) is 0 Å². The number of rotatable bonds is 4. The highest BCUT2D eigenvalue weighted by Crippen LogP contribution is 2.23. The maximum absolute atomic E-state index is 12.8. The molecular formula is C11H14F6N4. The lowest BCUT2D eigenvalue weighted by molar-refractivity contribution is -0.0709. The molecule has 0 aliphatic heterocycles. The van der Waals surface area contributed by atoms with Crippen LogP contribution >= 0.6 is 0 Å².